The van der Waals surface area contributed by atoms with Crippen molar-refractivity contribution < 1.29 is 0 Å². The molecule has 20 heavy (non-hydrogen) atoms. The highest BCUT2D eigenvalue weighted by molar-refractivity contribution is 8.00. The van der Waals surface area contributed by atoms with Gasteiger partial charge < -0.3 is 15.6 Å². The summed E-state index contributed by atoms with van der Waals surface area (Å²) in [5, 5.41) is 9.16. The molecule has 3 N–H and O–H groups in total. The maximum Gasteiger partial charge on any atom is 0.208 e. The first kappa shape index (κ1) is 13.2. The summed E-state index contributed by atoms with van der Waals surface area (Å²) in [6.45, 7) is 0. The van der Waals surface area contributed by atoms with Crippen LogP contribution in [0.2, 0.25) is 0 Å². The number of thioether (sulfide) groups is 1. The first-order valence-corrected chi connectivity index (χ1v) is 7.80. The first-order valence-electron chi connectivity index (χ1n) is 5.99. The lowest BCUT2D eigenvalue weighted by Crippen LogP contribution is -2.07. The molecule has 6 nitrogen and oxygen atoms in total. The van der Waals surface area contributed by atoms with Crippen molar-refractivity contribution in [3.8, 4) is 0 Å². The van der Waals surface area contributed by atoms with Gasteiger partial charge in [-0.2, -0.15) is 0 Å². The number of nitrogen functional groups attached to an aromatic ring is 1. The average molecular weight is 306 g/mol. The van der Waals surface area contributed by atoms with Gasteiger partial charge in [-0.3, -0.25) is 0 Å². The fraction of sp³-hybridized carbons (Fsp3) is 0.250. The summed E-state index contributed by atoms with van der Waals surface area (Å²) in [6, 6.07) is 5.67. The van der Waals surface area contributed by atoms with E-state index in [0.717, 1.165) is 37.8 Å². The van der Waals surface area contributed by atoms with Gasteiger partial charge in [0, 0.05) is 19.8 Å². The zero-order valence-corrected chi connectivity index (χ0v) is 12.8. The molecule has 3 aromatic rings. The molecule has 0 bridgehead atoms. The normalized spacial score (nSPS) is 11.1. The Balaban J connectivity index is 1.72. The molecule has 104 valence electrons. The number of anilines is 2. The van der Waals surface area contributed by atoms with Crippen molar-refractivity contribution in [3.05, 3.63) is 24.0 Å². The van der Waals surface area contributed by atoms with E-state index < -0.39 is 0 Å². The molecule has 0 saturated carbocycles. The predicted molar refractivity (Wildman–Crippen MR) is 84.3 cm³/mol. The minimum Gasteiger partial charge on any atom is -0.399 e. The van der Waals surface area contributed by atoms with Crippen molar-refractivity contribution in [1.29, 1.82) is 0 Å². The quantitative estimate of drug-likeness (QED) is 0.568. The topological polar surface area (TPSA) is 83.7 Å². The van der Waals surface area contributed by atoms with Crippen molar-refractivity contribution >= 4 is 45.0 Å². The van der Waals surface area contributed by atoms with Gasteiger partial charge in [-0.1, -0.05) is 23.1 Å². The summed E-state index contributed by atoms with van der Waals surface area (Å²) in [5.41, 5.74) is 8.39. The number of aromatic nitrogens is 4. The molecule has 0 aliphatic rings. The molecule has 0 spiro atoms. The highest BCUT2D eigenvalue weighted by atomic mass is 32.2. The van der Waals surface area contributed by atoms with E-state index in [1.807, 2.05) is 37.2 Å². The fourth-order valence-corrected chi connectivity index (χ4v) is 3.35. The van der Waals surface area contributed by atoms with E-state index in [1.165, 1.54) is 0 Å². The van der Waals surface area contributed by atoms with Crippen LogP contribution in [0.1, 0.15) is 5.82 Å². The molecule has 0 aliphatic heterocycles. The Morgan fingerprint density at radius 2 is 2.20 bits per heavy atom. The van der Waals surface area contributed by atoms with E-state index in [0.29, 0.717) is 0 Å². The standard InChI is InChI=1S/C12H14N6S2/c1-18(2)11-16-17-12(20-11)19-6-10-14-8-4-3-7(13)5-9(8)15-10/h3-5H,6,13H2,1-2H3,(H,14,15). The summed E-state index contributed by atoms with van der Waals surface area (Å²) in [5.74, 6) is 1.65. The van der Waals surface area contributed by atoms with Crippen LogP contribution in [0.4, 0.5) is 10.8 Å². The maximum atomic E-state index is 5.75. The molecule has 0 amide bonds. The van der Waals surface area contributed by atoms with E-state index in [4.69, 9.17) is 5.73 Å². The second kappa shape index (κ2) is 5.29. The number of hydrogen-bond donors (Lipinski definition) is 2. The number of nitrogens with two attached hydrogens (primary N) is 1. The fourth-order valence-electron chi connectivity index (χ4n) is 1.72. The Bertz CT molecular complexity index is 732. The number of aromatic amines is 1. The van der Waals surface area contributed by atoms with Crippen molar-refractivity contribution in [2.24, 2.45) is 0 Å². The van der Waals surface area contributed by atoms with Gasteiger partial charge in [0.05, 0.1) is 16.8 Å². The highest BCUT2D eigenvalue weighted by Crippen LogP contribution is 2.29. The van der Waals surface area contributed by atoms with Gasteiger partial charge in [-0.05, 0) is 18.2 Å². The molecule has 2 aromatic heterocycles. The van der Waals surface area contributed by atoms with Gasteiger partial charge in [-0.25, -0.2) is 4.98 Å². The van der Waals surface area contributed by atoms with Crippen molar-refractivity contribution in [1.82, 2.24) is 20.2 Å². The molecule has 0 atom stereocenters. The summed E-state index contributed by atoms with van der Waals surface area (Å²) in [7, 11) is 3.91. The number of nitrogens with one attached hydrogen (secondary N) is 1. The molecule has 0 aliphatic carbocycles. The Morgan fingerprint density at radius 3 is 2.95 bits per heavy atom. The Hall–Kier alpha value is -1.80. The van der Waals surface area contributed by atoms with Crippen LogP contribution >= 0.6 is 23.1 Å². The Labute approximate surface area is 124 Å². The van der Waals surface area contributed by atoms with Crippen LogP contribution in [0.25, 0.3) is 11.0 Å². The molecular weight excluding hydrogens is 292 g/mol. The summed E-state index contributed by atoms with van der Waals surface area (Å²) >= 11 is 3.20. The van der Waals surface area contributed by atoms with Gasteiger partial charge in [0.15, 0.2) is 4.34 Å². The van der Waals surface area contributed by atoms with Gasteiger partial charge >= 0.3 is 0 Å². The van der Waals surface area contributed by atoms with Crippen LogP contribution < -0.4 is 10.6 Å². The molecule has 0 radical (unpaired) electrons. The molecule has 0 fully saturated rings. The Morgan fingerprint density at radius 1 is 1.35 bits per heavy atom. The number of fused-ring (bicyclic) bond motifs is 1. The van der Waals surface area contributed by atoms with Gasteiger partial charge in [0.2, 0.25) is 5.13 Å². The number of rotatable bonds is 4. The second-order valence-corrected chi connectivity index (χ2v) is 6.67. The number of benzene rings is 1. The number of nitrogens with zero attached hydrogens (tertiary/aromatic N) is 4. The zero-order valence-electron chi connectivity index (χ0n) is 11.1. The van der Waals surface area contributed by atoms with Crippen LogP contribution in [0.15, 0.2) is 22.5 Å². The number of imidazole rings is 1. The third-order valence-electron chi connectivity index (χ3n) is 2.67. The average Bonchev–Trinajstić information content (AvgIpc) is 3.01. The molecule has 8 heteroatoms. The molecule has 0 saturated heterocycles. The first-order chi connectivity index (χ1) is 9.61. The van der Waals surface area contributed by atoms with E-state index in [-0.39, 0.29) is 0 Å². The minimum absolute atomic E-state index is 0.733. The molecule has 1 aromatic carbocycles. The van der Waals surface area contributed by atoms with E-state index in [2.05, 4.69) is 20.2 Å². The van der Waals surface area contributed by atoms with Crippen molar-refractivity contribution in [2.45, 2.75) is 10.1 Å². The van der Waals surface area contributed by atoms with Crippen LogP contribution in [-0.4, -0.2) is 34.3 Å². The van der Waals surface area contributed by atoms with Crippen LogP contribution in [0.5, 0.6) is 0 Å². The van der Waals surface area contributed by atoms with Crippen LogP contribution in [-0.2, 0) is 5.75 Å². The second-order valence-electron chi connectivity index (χ2n) is 4.49. The molecule has 0 unspecified atom stereocenters. The predicted octanol–water partition coefficient (Wildman–Crippen LogP) is 2.35. The number of H-pyrrole nitrogens is 1. The lowest BCUT2D eigenvalue weighted by atomic mass is 10.3. The van der Waals surface area contributed by atoms with Crippen molar-refractivity contribution in [3.63, 3.8) is 0 Å². The molecular formula is C12H14N6S2. The molecule has 3 rings (SSSR count). The smallest absolute Gasteiger partial charge is 0.208 e. The third-order valence-corrected chi connectivity index (χ3v) is 4.90. The highest BCUT2D eigenvalue weighted by Gasteiger charge is 2.08. The maximum absolute atomic E-state index is 5.75. The van der Waals surface area contributed by atoms with Crippen LogP contribution in [0, 0.1) is 0 Å². The zero-order chi connectivity index (χ0) is 14.1. The largest absolute Gasteiger partial charge is 0.399 e. The summed E-state index contributed by atoms with van der Waals surface area (Å²) in [6.07, 6.45) is 0. The van der Waals surface area contributed by atoms with E-state index in [9.17, 15) is 0 Å². The third kappa shape index (κ3) is 2.70. The SMILES string of the molecule is CN(C)c1nnc(SCc2nc3ccc(N)cc3[nH]2)s1. The van der Waals surface area contributed by atoms with Gasteiger partial charge in [0.1, 0.15) is 5.82 Å². The van der Waals surface area contributed by atoms with Gasteiger partial charge in [0.25, 0.3) is 0 Å². The Kier molecular flexibility index (Phi) is 3.49. The van der Waals surface area contributed by atoms with E-state index >= 15 is 0 Å². The monoisotopic (exact) mass is 306 g/mol. The number of hydrogen-bond acceptors (Lipinski definition) is 7. The lowest BCUT2D eigenvalue weighted by Gasteiger charge is -2.03. The molecule has 2 heterocycles. The lowest BCUT2D eigenvalue weighted by molar-refractivity contribution is 0.971. The minimum atomic E-state index is 0.733. The summed E-state index contributed by atoms with van der Waals surface area (Å²) < 4.78 is 0.939. The van der Waals surface area contributed by atoms with Crippen molar-refractivity contribution in [2.75, 3.05) is 24.7 Å². The summed E-state index contributed by atoms with van der Waals surface area (Å²) in [4.78, 5) is 9.75. The van der Waals surface area contributed by atoms with E-state index in [1.54, 1.807) is 23.1 Å². The van der Waals surface area contributed by atoms with Crippen LogP contribution in [0.3, 0.4) is 0 Å². The van der Waals surface area contributed by atoms with Gasteiger partial charge in [-0.15, -0.1) is 10.2 Å².